The van der Waals surface area contributed by atoms with E-state index in [2.05, 4.69) is 18.7 Å². The lowest BCUT2D eigenvalue weighted by Crippen LogP contribution is -2.60. The zero-order chi connectivity index (χ0) is 20.0. The highest BCUT2D eigenvalue weighted by atomic mass is 35.5. The molecule has 1 fully saturated rings. The number of rotatable bonds is 6. The number of carbonyl (C=O) groups is 2. The van der Waals surface area contributed by atoms with Crippen molar-refractivity contribution in [2.75, 3.05) is 46.4 Å². The molecule has 2 rings (SSSR count). The first-order valence-electron chi connectivity index (χ1n) is 9.18. The molecule has 1 aromatic rings. The number of hydrogen-bond donors (Lipinski definition) is 0. The fourth-order valence-electron chi connectivity index (χ4n) is 3.34. The molecule has 1 aliphatic rings. The summed E-state index contributed by atoms with van der Waals surface area (Å²) >= 11 is 12.0. The van der Waals surface area contributed by atoms with Gasteiger partial charge in [-0.15, -0.1) is 0 Å². The minimum Gasteiger partial charge on any atom is -0.453 e. The van der Waals surface area contributed by atoms with Gasteiger partial charge in [-0.25, -0.2) is 4.79 Å². The second-order valence-electron chi connectivity index (χ2n) is 6.57. The van der Waals surface area contributed by atoms with Crippen molar-refractivity contribution in [1.82, 2.24) is 14.7 Å². The van der Waals surface area contributed by atoms with Gasteiger partial charge in [-0.1, -0.05) is 43.1 Å². The summed E-state index contributed by atoms with van der Waals surface area (Å²) in [6.45, 7) is 8.10. The molecule has 0 radical (unpaired) electrons. The van der Waals surface area contributed by atoms with E-state index in [9.17, 15) is 9.59 Å². The molecule has 1 atom stereocenters. The number of piperazine rings is 1. The van der Waals surface area contributed by atoms with Crippen LogP contribution in [0.25, 0.3) is 0 Å². The van der Waals surface area contributed by atoms with Crippen molar-refractivity contribution in [3.8, 4) is 0 Å². The van der Waals surface area contributed by atoms with Gasteiger partial charge in [0.05, 0.1) is 29.6 Å². The van der Waals surface area contributed by atoms with Gasteiger partial charge in [0.25, 0.3) is 0 Å². The van der Waals surface area contributed by atoms with Gasteiger partial charge in [-0.3, -0.25) is 4.79 Å². The van der Waals surface area contributed by atoms with E-state index in [-0.39, 0.29) is 24.5 Å². The zero-order valence-electron chi connectivity index (χ0n) is 16.1. The van der Waals surface area contributed by atoms with Crippen molar-refractivity contribution in [2.24, 2.45) is 0 Å². The number of carbonyl (C=O) groups excluding carboxylic acids is 2. The highest BCUT2D eigenvalue weighted by Gasteiger charge is 2.33. The molecule has 0 bridgehead atoms. The van der Waals surface area contributed by atoms with Crippen LogP contribution in [0.1, 0.15) is 19.4 Å². The first kappa shape index (κ1) is 21.8. The Morgan fingerprint density at radius 3 is 2.48 bits per heavy atom. The van der Waals surface area contributed by atoms with Crippen molar-refractivity contribution in [3.05, 3.63) is 33.8 Å². The lowest BCUT2D eigenvalue weighted by atomic mass is 10.1. The Kier molecular flexibility index (Phi) is 8.20. The summed E-state index contributed by atoms with van der Waals surface area (Å²) in [5.74, 6) is 0.0232. The number of ether oxygens (including phenoxy) is 1. The average Bonchev–Trinajstić information content (AvgIpc) is 2.68. The van der Waals surface area contributed by atoms with Gasteiger partial charge in [0.2, 0.25) is 5.91 Å². The van der Waals surface area contributed by atoms with Crippen LogP contribution in [-0.4, -0.2) is 79.1 Å². The number of benzene rings is 1. The van der Waals surface area contributed by atoms with Crippen LogP contribution in [0.3, 0.4) is 0 Å². The van der Waals surface area contributed by atoms with Crippen molar-refractivity contribution in [3.63, 3.8) is 0 Å². The van der Waals surface area contributed by atoms with Crippen molar-refractivity contribution < 1.29 is 14.3 Å². The Labute approximate surface area is 170 Å². The molecule has 1 heterocycles. The van der Waals surface area contributed by atoms with Crippen LogP contribution in [-0.2, 0) is 16.0 Å². The molecule has 0 aliphatic carbocycles. The molecule has 0 saturated carbocycles. The van der Waals surface area contributed by atoms with E-state index in [1.54, 1.807) is 17.0 Å². The maximum absolute atomic E-state index is 13.0. The Morgan fingerprint density at radius 2 is 1.89 bits per heavy atom. The molecule has 27 heavy (non-hydrogen) atoms. The number of likely N-dealkylation sites (N-methyl/N-ethyl adjacent to an activating group) is 1. The van der Waals surface area contributed by atoms with Gasteiger partial charge in [0.15, 0.2) is 0 Å². The van der Waals surface area contributed by atoms with Crippen LogP contribution in [0.15, 0.2) is 18.2 Å². The van der Waals surface area contributed by atoms with Crippen molar-refractivity contribution in [2.45, 2.75) is 26.3 Å². The zero-order valence-corrected chi connectivity index (χ0v) is 17.6. The van der Waals surface area contributed by atoms with Gasteiger partial charge < -0.3 is 19.4 Å². The number of halogens is 2. The summed E-state index contributed by atoms with van der Waals surface area (Å²) in [5, 5.41) is 0.913. The highest BCUT2D eigenvalue weighted by molar-refractivity contribution is 6.42. The normalized spacial score (nSPS) is 17.3. The number of nitrogens with zero attached hydrogens (tertiary/aromatic N) is 3. The molecular weight excluding hydrogens is 388 g/mol. The molecule has 2 amide bonds. The number of methoxy groups -OCH3 is 1. The smallest absolute Gasteiger partial charge is 0.409 e. The second-order valence-corrected chi connectivity index (χ2v) is 7.38. The fraction of sp³-hybridized carbons (Fsp3) is 0.579. The van der Waals surface area contributed by atoms with Crippen LogP contribution in [0.4, 0.5) is 4.79 Å². The maximum atomic E-state index is 13.0. The molecule has 0 unspecified atom stereocenters. The van der Waals surface area contributed by atoms with Crippen LogP contribution >= 0.6 is 23.2 Å². The monoisotopic (exact) mass is 414 g/mol. The lowest BCUT2D eigenvalue weighted by Gasteiger charge is -2.42. The van der Waals surface area contributed by atoms with Gasteiger partial charge >= 0.3 is 6.09 Å². The predicted molar refractivity (Wildman–Crippen MR) is 107 cm³/mol. The van der Waals surface area contributed by atoms with Gasteiger partial charge in [0.1, 0.15) is 0 Å². The Hall–Kier alpha value is -1.50. The van der Waals surface area contributed by atoms with E-state index in [0.717, 1.165) is 18.7 Å². The third-order valence-electron chi connectivity index (χ3n) is 4.94. The standard InChI is InChI=1S/C19H27Cl2N3O3/c1-4-22(5-2)12-15-13-23(19(26)27-3)8-9-24(15)18(25)11-14-6-7-16(20)17(21)10-14/h6-7,10,15H,4-5,8-9,11-13H2,1-3H3/t15-/m1/s1/i3-1. The van der Waals surface area contributed by atoms with Crippen molar-refractivity contribution >= 4 is 35.2 Å². The Bertz CT molecular complexity index is 668. The first-order chi connectivity index (χ1) is 12.9. The van der Waals surface area contributed by atoms with E-state index < -0.39 is 0 Å². The minimum atomic E-state index is -0.351. The third kappa shape index (κ3) is 5.74. The maximum Gasteiger partial charge on any atom is 0.409 e. The summed E-state index contributed by atoms with van der Waals surface area (Å²) < 4.78 is 4.85. The van der Waals surface area contributed by atoms with Crippen LogP contribution in [0, 0.1) is 0 Å². The van der Waals surface area contributed by atoms with Gasteiger partial charge in [0, 0.05) is 26.2 Å². The quantitative estimate of drug-likeness (QED) is 0.717. The van der Waals surface area contributed by atoms with Gasteiger partial charge in [-0.05, 0) is 30.8 Å². The van der Waals surface area contributed by atoms with Gasteiger partial charge in [-0.2, -0.15) is 0 Å². The van der Waals surface area contributed by atoms with E-state index in [4.69, 9.17) is 27.9 Å². The van der Waals surface area contributed by atoms with Crippen LogP contribution < -0.4 is 0 Å². The van der Waals surface area contributed by atoms with E-state index in [1.807, 2.05) is 11.0 Å². The molecule has 1 aliphatic heterocycles. The lowest BCUT2D eigenvalue weighted by molar-refractivity contribution is -0.135. The summed E-state index contributed by atoms with van der Waals surface area (Å²) in [7, 11) is 1.38. The first-order valence-corrected chi connectivity index (χ1v) is 9.93. The highest BCUT2D eigenvalue weighted by Crippen LogP contribution is 2.23. The molecule has 8 heteroatoms. The molecule has 6 nitrogen and oxygen atoms in total. The molecule has 150 valence electrons. The summed E-state index contributed by atoms with van der Waals surface area (Å²) in [4.78, 5) is 30.7. The third-order valence-corrected chi connectivity index (χ3v) is 5.68. The molecule has 0 aromatic heterocycles. The Morgan fingerprint density at radius 1 is 1.19 bits per heavy atom. The fourth-order valence-corrected chi connectivity index (χ4v) is 3.66. The number of amides is 2. The SMILES string of the molecule is CCN(CC)C[C@@H]1CN(C(=O)O[11CH3])CCN1C(=O)Cc1ccc(Cl)c(Cl)c1. The van der Waals surface area contributed by atoms with E-state index in [1.165, 1.54) is 7.11 Å². The molecule has 0 N–H and O–H groups in total. The molecule has 0 spiro atoms. The summed E-state index contributed by atoms with van der Waals surface area (Å²) in [5.41, 5.74) is 0.825. The van der Waals surface area contributed by atoms with Crippen LogP contribution in [0.5, 0.6) is 0 Å². The average molecular weight is 415 g/mol. The summed E-state index contributed by atoms with van der Waals surface area (Å²) in [6, 6.07) is 5.17. The van der Waals surface area contributed by atoms with E-state index in [0.29, 0.717) is 36.2 Å². The number of hydrogen-bond acceptors (Lipinski definition) is 4. The summed E-state index contributed by atoms with van der Waals surface area (Å²) in [6.07, 6.45) is -0.0970. The largest absolute Gasteiger partial charge is 0.453 e. The second kappa shape index (κ2) is 10.2. The van der Waals surface area contributed by atoms with Crippen LogP contribution in [0.2, 0.25) is 10.0 Å². The molecule has 1 saturated heterocycles. The molecular formula is C19H27Cl2N3O3. The Balaban J connectivity index is 2.13. The topological polar surface area (TPSA) is 53.1 Å². The predicted octanol–water partition coefficient (Wildman–Crippen LogP) is 3.16. The molecule has 1 aromatic carbocycles. The van der Waals surface area contributed by atoms with Crippen molar-refractivity contribution in [1.29, 1.82) is 0 Å². The minimum absolute atomic E-state index is 0.0232. The van der Waals surface area contributed by atoms with E-state index >= 15 is 0 Å².